The number of aromatic nitrogens is 4. The number of likely N-dealkylation sites (tertiary alicyclic amines) is 1. The van der Waals surface area contributed by atoms with Crippen LogP contribution in [0.3, 0.4) is 0 Å². The summed E-state index contributed by atoms with van der Waals surface area (Å²) in [5, 5.41) is 10.9. The lowest BCUT2D eigenvalue weighted by atomic mass is 9.94. The average Bonchev–Trinajstić information content (AvgIpc) is 3.17. The van der Waals surface area contributed by atoms with Crippen LogP contribution >= 0.6 is 0 Å². The summed E-state index contributed by atoms with van der Waals surface area (Å²) in [7, 11) is 0. The zero-order valence-electron chi connectivity index (χ0n) is 13.3. The second-order valence-corrected chi connectivity index (χ2v) is 6.00. The van der Waals surface area contributed by atoms with E-state index in [4.69, 9.17) is 10.3 Å². The third kappa shape index (κ3) is 3.76. The van der Waals surface area contributed by atoms with E-state index in [0.29, 0.717) is 24.0 Å². The highest BCUT2D eigenvalue weighted by Crippen LogP contribution is 2.26. The lowest BCUT2D eigenvalue weighted by Crippen LogP contribution is -2.34. The van der Waals surface area contributed by atoms with Crippen molar-refractivity contribution in [2.45, 2.75) is 45.1 Å². The van der Waals surface area contributed by atoms with Gasteiger partial charge in [0, 0.05) is 24.6 Å². The molecule has 1 aliphatic rings. The van der Waals surface area contributed by atoms with Gasteiger partial charge in [-0.25, -0.2) is 0 Å². The van der Waals surface area contributed by atoms with Crippen LogP contribution in [0.25, 0.3) is 0 Å². The number of hydrogen-bond donors (Lipinski definition) is 2. The number of rotatable bonds is 6. The van der Waals surface area contributed by atoms with Crippen molar-refractivity contribution in [2.24, 2.45) is 5.73 Å². The van der Waals surface area contributed by atoms with E-state index in [2.05, 4.69) is 32.2 Å². The van der Waals surface area contributed by atoms with Crippen molar-refractivity contribution in [3.63, 3.8) is 0 Å². The Kier molecular flexibility index (Phi) is 4.71. The number of aromatic amines is 1. The summed E-state index contributed by atoms with van der Waals surface area (Å²) >= 11 is 0. The van der Waals surface area contributed by atoms with Crippen LogP contribution in [-0.2, 0) is 13.0 Å². The zero-order chi connectivity index (χ0) is 16.2. The Bertz CT molecular complexity index is 664. The number of nitrogens with two attached hydrogens (primary N) is 1. The fraction of sp³-hybridized carbons (Fsp3) is 0.600. The molecule has 8 heteroatoms. The predicted octanol–water partition coefficient (Wildman–Crippen LogP) is 1.22. The Morgan fingerprint density at radius 1 is 1.57 bits per heavy atom. The van der Waals surface area contributed by atoms with Gasteiger partial charge in [-0.15, -0.1) is 0 Å². The van der Waals surface area contributed by atoms with E-state index in [1.54, 1.807) is 6.07 Å². The Labute approximate surface area is 134 Å². The summed E-state index contributed by atoms with van der Waals surface area (Å²) < 4.78 is 5.31. The molecule has 0 bridgehead atoms. The first-order valence-electron chi connectivity index (χ1n) is 8.04. The standard InChI is InChI=1S/C15H22N6O2/c1-2-4-13-17-14(23-20-13)9-21-6-3-5-10(8-21)11-7-12(15(16)22)19-18-11/h7,10H,2-6,8-9H2,1H3,(H2,16,22)(H,18,19)/t10-/m0/s1. The van der Waals surface area contributed by atoms with Crippen LogP contribution in [0, 0.1) is 0 Å². The summed E-state index contributed by atoms with van der Waals surface area (Å²) in [5.41, 5.74) is 6.50. The molecule has 2 aromatic rings. The molecular weight excluding hydrogens is 296 g/mol. The molecule has 1 atom stereocenters. The Morgan fingerprint density at radius 2 is 2.43 bits per heavy atom. The normalized spacial score (nSPS) is 19.1. The van der Waals surface area contributed by atoms with Crippen molar-refractivity contribution in [1.29, 1.82) is 0 Å². The van der Waals surface area contributed by atoms with Gasteiger partial charge in [0.15, 0.2) is 5.82 Å². The predicted molar refractivity (Wildman–Crippen MR) is 82.7 cm³/mol. The second kappa shape index (κ2) is 6.91. The first kappa shape index (κ1) is 15.7. The van der Waals surface area contributed by atoms with Crippen molar-refractivity contribution >= 4 is 5.91 Å². The zero-order valence-corrected chi connectivity index (χ0v) is 13.3. The molecule has 1 amide bonds. The van der Waals surface area contributed by atoms with E-state index >= 15 is 0 Å². The first-order valence-corrected chi connectivity index (χ1v) is 8.04. The minimum absolute atomic E-state index is 0.290. The van der Waals surface area contributed by atoms with E-state index in [9.17, 15) is 4.79 Å². The molecule has 1 saturated heterocycles. The second-order valence-electron chi connectivity index (χ2n) is 6.00. The van der Waals surface area contributed by atoms with Crippen LogP contribution in [0.1, 0.15) is 60.0 Å². The lowest BCUT2D eigenvalue weighted by molar-refractivity contribution is 0.0995. The van der Waals surface area contributed by atoms with E-state index in [0.717, 1.165) is 50.3 Å². The average molecular weight is 318 g/mol. The Hall–Kier alpha value is -2.22. The van der Waals surface area contributed by atoms with Crippen LogP contribution in [0.4, 0.5) is 0 Å². The Balaban J connectivity index is 1.61. The monoisotopic (exact) mass is 318 g/mol. The van der Waals surface area contributed by atoms with Gasteiger partial charge in [-0.1, -0.05) is 12.1 Å². The molecule has 0 radical (unpaired) electrons. The van der Waals surface area contributed by atoms with Gasteiger partial charge in [0.2, 0.25) is 5.89 Å². The molecular formula is C15H22N6O2. The highest BCUT2D eigenvalue weighted by molar-refractivity contribution is 5.90. The topological polar surface area (TPSA) is 114 Å². The van der Waals surface area contributed by atoms with Crippen molar-refractivity contribution in [2.75, 3.05) is 13.1 Å². The molecule has 3 N–H and O–H groups in total. The molecule has 1 fully saturated rings. The van der Waals surface area contributed by atoms with Gasteiger partial charge >= 0.3 is 0 Å². The molecule has 3 rings (SSSR count). The summed E-state index contributed by atoms with van der Waals surface area (Å²) in [6.45, 7) is 4.62. The van der Waals surface area contributed by atoms with E-state index < -0.39 is 5.91 Å². The van der Waals surface area contributed by atoms with Crippen molar-refractivity contribution in [3.05, 3.63) is 29.2 Å². The van der Waals surface area contributed by atoms with Crippen molar-refractivity contribution in [3.8, 4) is 0 Å². The van der Waals surface area contributed by atoms with Gasteiger partial charge in [-0.05, 0) is 31.9 Å². The van der Waals surface area contributed by atoms with E-state index in [1.165, 1.54) is 0 Å². The number of nitrogens with one attached hydrogen (secondary N) is 1. The molecule has 0 unspecified atom stereocenters. The van der Waals surface area contributed by atoms with E-state index in [1.807, 2.05) is 0 Å². The minimum atomic E-state index is -0.505. The summed E-state index contributed by atoms with van der Waals surface area (Å²) in [6, 6.07) is 1.75. The van der Waals surface area contributed by atoms with E-state index in [-0.39, 0.29) is 0 Å². The molecule has 3 heterocycles. The van der Waals surface area contributed by atoms with Gasteiger partial charge < -0.3 is 10.3 Å². The smallest absolute Gasteiger partial charge is 0.269 e. The summed E-state index contributed by atoms with van der Waals surface area (Å²) in [6.07, 6.45) is 3.98. The number of amides is 1. The number of hydrogen-bond acceptors (Lipinski definition) is 6. The summed E-state index contributed by atoms with van der Waals surface area (Å²) in [5.74, 6) is 1.24. The SMILES string of the molecule is CCCc1noc(CN2CCC[C@H](c3cc(C(N)=O)n[nH]3)C2)n1. The molecule has 0 saturated carbocycles. The van der Waals surface area contributed by atoms with Crippen LogP contribution in [0.5, 0.6) is 0 Å². The van der Waals surface area contributed by atoms with Crippen LogP contribution < -0.4 is 5.73 Å². The third-order valence-corrected chi connectivity index (χ3v) is 4.14. The molecule has 8 nitrogen and oxygen atoms in total. The third-order valence-electron chi connectivity index (χ3n) is 4.14. The molecule has 1 aliphatic heterocycles. The van der Waals surface area contributed by atoms with Crippen LogP contribution in [0.2, 0.25) is 0 Å². The summed E-state index contributed by atoms with van der Waals surface area (Å²) in [4.78, 5) is 17.9. The molecule has 0 spiro atoms. The van der Waals surface area contributed by atoms with Crippen LogP contribution in [-0.4, -0.2) is 44.2 Å². The maximum atomic E-state index is 11.2. The lowest BCUT2D eigenvalue weighted by Gasteiger charge is -2.30. The van der Waals surface area contributed by atoms with Crippen molar-refractivity contribution < 1.29 is 9.32 Å². The number of carbonyl (C=O) groups is 1. The number of carbonyl (C=O) groups excluding carboxylic acids is 1. The fourth-order valence-electron chi connectivity index (χ4n) is 3.00. The highest BCUT2D eigenvalue weighted by Gasteiger charge is 2.24. The molecule has 0 aliphatic carbocycles. The molecule has 0 aromatic carbocycles. The maximum Gasteiger partial charge on any atom is 0.269 e. The molecule has 2 aromatic heterocycles. The number of aryl methyl sites for hydroxylation is 1. The van der Waals surface area contributed by atoms with Gasteiger partial charge in [-0.2, -0.15) is 10.1 Å². The number of H-pyrrole nitrogens is 1. The minimum Gasteiger partial charge on any atom is -0.364 e. The molecule has 23 heavy (non-hydrogen) atoms. The van der Waals surface area contributed by atoms with Gasteiger partial charge in [-0.3, -0.25) is 14.8 Å². The van der Waals surface area contributed by atoms with Crippen molar-refractivity contribution in [1.82, 2.24) is 25.2 Å². The largest absolute Gasteiger partial charge is 0.364 e. The van der Waals surface area contributed by atoms with Crippen LogP contribution in [0.15, 0.2) is 10.6 Å². The number of nitrogens with zero attached hydrogens (tertiary/aromatic N) is 4. The van der Waals surface area contributed by atoms with Gasteiger partial charge in [0.1, 0.15) is 5.69 Å². The van der Waals surface area contributed by atoms with Gasteiger partial charge in [0.25, 0.3) is 5.91 Å². The maximum absolute atomic E-state index is 11.2. The number of primary amides is 1. The fourth-order valence-corrected chi connectivity index (χ4v) is 3.00. The van der Waals surface area contributed by atoms with Gasteiger partial charge in [0.05, 0.1) is 6.54 Å². The Morgan fingerprint density at radius 3 is 3.17 bits per heavy atom. The quantitative estimate of drug-likeness (QED) is 0.828. The number of piperidine rings is 1. The first-order chi connectivity index (χ1) is 11.2. The molecule has 124 valence electrons. The highest BCUT2D eigenvalue weighted by atomic mass is 16.5.